The van der Waals surface area contributed by atoms with Gasteiger partial charge in [-0.2, -0.15) is 13.2 Å². The topological polar surface area (TPSA) is 43.3 Å². The highest BCUT2D eigenvalue weighted by Crippen LogP contribution is 2.32. The van der Waals surface area contributed by atoms with Gasteiger partial charge in [-0.1, -0.05) is 6.07 Å². The number of guanidine groups is 1. The van der Waals surface area contributed by atoms with Crippen molar-refractivity contribution >= 4 is 11.6 Å². The molecule has 2 fully saturated rings. The Bertz CT molecular complexity index is 739. The summed E-state index contributed by atoms with van der Waals surface area (Å²) in [6.07, 6.45) is -2.42. The molecule has 1 aromatic rings. The Hall–Kier alpha value is -2.00. The molecule has 2 aliphatic heterocycles. The fourth-order valence-electron chi connectivity index (χ4n) is 4.20. The third-order valence-corrected chi connectivity index (χ3v) is 6.35. The average Bonchev–Trinajstić information content (AvgIpc) is 2.77. The summed E-state index contributed by atoms with van der Waals surface area (Å²) >= 11 is 0. The van der Waals surface area contributed by atoms with E-state index in [0.29, 0.717) is 38.4 Å². The molecule has 0 amide bonds. The molecule has 6 nitrogen and oxygen atoms in total. The Morgan fingerprint density at radius 1 is 1.16 bits per heavy atom. The second kappa shape index (κ2) is 10.1. The summed E-state index contributed by atoms with van der Waals surface area (Å²) in [5, 5.41) is 3.39. The van der Waals surface area contributed by atoms with Crippen LogP contribution in [0.25, 0.3) is 0 Å². The number of hydrogen-bond donors (Lipinski definition) is 1. The van der Waals surface area contributed by atoms with Gasteiger partial charge in [0.05, 0.1) is 12.1 Å². The summed E-state index contributed by atoms with van der Waals surface area (Å²) in [7, 11) is 4.20. The molecule has 0 radical (unpaired) electrons. The van der Waals surface area contributed by atoms with Gasteiger partial charge in [-0.05, 0) is 52.1 Å². The largest absolute Gasteiger partial charge is 0.416 e. The van der Waals surface area contributed by atoms with E-state index in [0.717, 1.165) is 44.6 Å². The molecular weight excluding hydrogens is 407 g/mol. The molecule has 9 heteroatoms. The Kier molecular flexibility index (Phi) is 7.69. The molecule has 2 saturated heterocycles. The van der Waals surface area contributed by atoms with E-state index < -0.39 is 11.7 Å². The monoisotopic (exact) mass is 441 g/mol. The highest BCUT2D eigenvalue weighted by molar-refractivity contribution is 5.80. The van der Waals surface area contributed by atoms with Crippen molar-refractivity contribution in [3.8, 4) is 0 Å². The van der Waals surface area contributed by atoms with Crippen molar-refractivity contribution < 1.29 is 17.9 Å². The second-order valence-electron chi connectivity index (χ2n) is 8.42. The van der Waals surface area contributed by atoms with Gasteiger partial charge < -0.3 is 24.8 Å². The number of benzene rings is 1. The van der Waals surface area contributed by atoms with Crippen LogP contribution in [0.4, 0.5) is 18.9 Å². The van der Waals surface area contributed by atoms with E-state index >= 15 is 0 Å². The average molecular weight is 442 g/mol. The van der Waals surface area contributed by atoms with Crippen molar-refractivity contribution in [1.29, 1.82) is 0 Å². The van der Waals surface area contributed by atoms with Gasteiger partial charge in [0.15, 0.2) is 5.96 Å². The lowest BCUT2D eigenvalue weighted by atomic mass is 9.89. The van der Waals surface area contributed by atoms with E-state index in [2.05, 4.69) is 29.2 Å². The Morgan fingerprint density at radius 3 is 2.42 bits per heavy atom. The van der Waals surface area contributed by atoms with Gasteiger partial charge in [-0.15, -0.1) is 0 Å². The van der Waals surface area contributed by atoms with Crippen LogP contribution in [0.1, 0.15) is 25.3 Å². The lowest BCUT2D eigenvalue weighted by Gasteiger charge is -2.42. The maximum atomic E-state index is 13.1. The number of aliphatic imine (C=N–C) groups is 1. The van der Waals surface area contributed by atoms with Crippen LogP contribution in [0.3, 0.4) is 0 Å². The van der Waals surface area contributed by atoms with E-state index in [4.69, 9.17) is 9.73 Å². The summed E-state index contributed by atoms with van der Waals surface area (Å²) in [5.41, 5.74) is 0.0108. The van der Waals surface area contributed by atoms with Crippen LogP contribution in [0.2, 0.25) is 0 Å². The molecule has 1 aromatic carbocycles. The van der Waals surface area contributed by atoms with Crippen LogP contribution in [0.5, 0.6) is 0 Å². The maximum absolute atomic E-state index is 13.1. The van der Waals surface area contributed by atoms with Crippen LogP contribution in [-0.4, -0.2) is 87.9 Å². The molecule has 2 aliphatic rings. The zero-order chi connectivity index (χ0) is 22.5. The molecule has 0 aliphatic carbocycles. The summed E-state index contributed by atoms with van der Waals surface area (Å²) in [5.74, 6) is 0.874. The number of anilines is 1. The Morgan fingerprint density at radius 2 is 1.84 bits per heavy atom. The highest BCUT2D eigenvalue weighted by atomic mass is 19.4. The van der Waals surface area contributed by atoms with Crippen molar-refractivity contribution in [2.24, 2.45) is 4.99 Å². The first-order valence-corrected chi connectivity index (χ1v) is 11.0. The van der Waals surface area contributed by atoms with Crippen LogP contribution in [-0.2, 0) is 10.9 Å². The number of likely N-dealkylation sites (N-methyl/N-ethyl adjacent to an activating group) is 1. The van der Waals surface area contributed by atoms with Crippen molar-refractivity contribution in [3.05, 3.63) is 29.8 Å². The first kappa shape index (κ1) is 23.7. The maximum Gasteiger partial charge on any atom is 0.416 e. The van der Waals surface area contributed by atoms with Crippen LogP contribution in [0, 0.1) is 0 Å². The van der Waals surface area contributed by atoms with Crippen molar-refractivity contribution in [1.82, 2.24) is 15.1 Å². The first-order valence-electron chi connectivity index (χ1n) is 11.0. The lowest BCUT2D eigenvalue weighted by molar-refractivity contribution is -0.137. The molecule has 0 aromatic heterocycles. The molecule has 0 saturated carbocycles. The molecule has 174 valence electrons. The van der Waals surface area contributed by atoms with Crippen molar-refractivity contribution in [2.45, 2.75) is 31.5 Å². The predicted octanol–water partition coefficient (Wildman–Crippen LogP) is 2.90. The van der Waals surface area contributed by atoms with Gasteiger partial charge in [-0.3, -0.25) is 4.99 Å². The number of piperazine rings is 1. The highest BCUT2D eigenvalue weighted by Gasteiger charge is 2.35. The van der Waals surface area contributed by atoms with Crippen molar-refractivity contribution in [3.63, 3.8) is 0 Å². The molecule has 31 heavy (non-hydrogen) atoms. The Labute approximate surface area is 183 Å². The molecular formula is C22H34F3N5O. The molecule has 1 N–H and O–H groups in total. The molecule has 0 atom stereocenters. The third-order valence-electron chi connectivity index (χ3n) is 6.35. The SMILES string of the molecule is CCNC(=NCC1(N(C)C)CCOCC1)N1CCN(c2cccc(C(F)(F)F)c2)CC1. The van der Waals surface area contributed by atoms with E-state index in [-0.39, 0.29) is 5.54 Å². The first-order chi connectivity index (χ1) is 14.7. The number of hydrogen-bond acceptors (Lipinski definition) is 4. The number of alkyl halides is 3. The zero-order valence-corrected chi connectivity index (χ0v) is 18.7. The van der Waals surface area contributed by atoms with Crippen molar-refractivity contribution in [2.75, 3.05) is 71.5 Å². The summed E-state index contributed by atoms with van der Waals surface area (Å²) in [6.45, 7) is 7.73. The zero-order valence-electron chi connectivity index (χ0n) is 18.7. The van der Waals surface area contributed by atoms with E-state index in [1.165, 1.54) is 12.1 Å². The number of nitrogens with zero attached hydrogens (tertiary/aromatic N) is 4. The minimum atomic E-state index is -4.32. The number of nitrogens with one attached hydrogen (secondary N) is 1. The lowest BCUT2D eigenvalue weighted by Crippen LogP contribution is -2.54. The molecule has 0 spiro atoms. The van der Waals surface area contributed by atoms with Gasteiger partial charge in [0.25, 0.3) is 0 Å². The minimum Gasteiger partial charge on any atom is -0.381 e. The summed E-state index contributed by atoms with van der Waals surface area (Å²) < 4.78 is 44.7. The van der Waals surface area contributed by atoms with Gasteiger partial charge in [0, 0.05) is 57.2 Å². The van der Waals surface area contributed by atoms with Gasteiger partial charge >= 0.3 is 6.18 Å². The Balaban J connectivity index is 1.66. The quantitative estimate of drug-likeness (QED) is 0.562. The van der Waals surface area contributed by atoms with Gasteiger partial charge in [0.2, 0.25) is 0 Å². The molecule has 0 unspecified atom stereocenters. The minimum absolute atomic E-state index is 0.00121. The predicted molar refractivity (Wildman–Crippen MR) is 118 cm³/mol. The fourth-order valence-corrected chi connectivity index (χ4v) is 4.20. The number of ether oxygens (including phenoxy) is 1. The number of rotatable bonds is 5. The smallest absolute Gasteiger partial charge is 0.381 e. The van der Waals surface area contributed by atoms with E-state index in [1.807, 2.05) is 11.8 Å². The van der Waals surface area contributed by atoms with Crippen LogP contribution >= 0.6 is 0 Å². The normalized spacial score (nSPS) is 20.3. The van der Waals surface area contributed by atoms with E-state index in [1.54, 1.807) is 6.07 Å². The number of halogens is 3. The third kappa shape index (κ3) is 5.83. The van der Waals surface area contributed by atoms with E-state index in [9.17, 15) is 13.2 Å². The van der Waals surface area contributed by atoms with Gasteiger partial charge in [-0.25, -0.2) is 0 Å². The molecule has 2 heterocycles. The summed E-state index contributed by atoms with van der Waals surface area (Å²) in [6, 6.07) is 5.58. The molecule has 3 rings (SSSR count). The molecule has 0 bridgehead atoms. The van der Waals surface area contributed by atoms with Gasteiger partial charge in [0.1, 0.15) is 0 Å². The second-order valence-corrected chi connectivity index (χ2v) is 8.42. The van der Waals surface area contributed by atoms with Crippen LogP contribution < -0.4 is 10.2 Å². The standard InChI is InChI=1S/C22H34F3N5O/c1-4-26-20(27-17-21(28(2)3)8-14-31-15-9-21)30-12-10-29(11-13-30)19-7-5-6-18(16-19)22(23,24)25/h5-7,16H,4,8-15,17H2,1-3H3,(H,26,27). The summed E-state index contributed by atoms with van der Waals surface area (Å²) in [4.78, 5) is 11.4. The van der Waals surface area contributed by atoms with Crippen LogP contribution in [0.15, 0.2) is 29.3 Å². The fraction of sp³-hybridized carbons (Fsp3) is 0.682.